The molecule has 27 heavy (non-hydrogen) atoms. The topological polar surface area (TPSA) is 136 Å². The van der Waals surface area contributed by atoms with Crippen LogP contribution in [0.15, 0.2) is 12.4 Å². The molecule has 0 fully saturated rings. The van der Waals surface area contributed by atoms with Crippen molar-refractivity contribution in [2.24, 2.45) is 0 Å². The Labute approximate surface area is 157 Å². The van der Waals surface area contributed by atoms with Gasteiger partial charge in [0, 0.05) is 0 Å². The number of hydrogen-bond acceptors (Lipinski definition) is 8. The molecule has 0 amide bonds. The Morgan fingerprint density at radius 1 is 1.15 bits per heavy atom. The summed E-state index contributed by atoms with van der Waals surface area (Å²) in [5.41, 5.74) is -1.57. The number of nitrogens with zero attached hydrogens (tertiary/aromatic N) is 3. The largest absolute Gasteiger partial charge is 0.441 e. The molecule has 0 aliphatic heterocycles. The Hall–Kier alpha value is -2.46. The summed E-state index contributed by atoms with van der Waals surface area (Å²) in [6.07, 6.45) is 2.50. The van der Waals surface area contributed by atoms with Crippen molar-refractivity contribution in [3.05, 3.63) is 22.5 Å². The molecular weight excluding hydrogens is 354 g/mol. The van der Waals surface area contributed by atoms with Crippen molar-refractivity contribution in [1.82, 2.24) is 20.2 Å². The second-order valence-corrected chi connectivity index (χ2v) is 7.36. The predicted octanol–water partition coefficient (Wildman–Crippen LogP) is 1.11. The molecule has 0 unspecified atom stereocenters. The molecule has 0 saturated carbocycles. The number of aromatic nitrogens is 2. The van der Waals surface area contributed by atoms with Gasteiger partial charge in [-0.1, -0.05) is 4.98 Å². The standard InChI is InChI=1S/C17H27N5O5/c1-12(23)16(2,3)19-7-6-8-20-17(4,5)13(24)11-14(25)21-10-9-18-15(21)22(26)27/h9-10,19-20H,6-8,11H2,1-5H3. The number of imidazole rings is 1. The monoisotopic (exact) mass is 381 g/mol. The van der Waals surface area contributed by atoms with Crippen LogP contribution in [0.4, 0.5) is 5.95 Å². The highest BCUT2D eigenvalue weighted by molar-refractivity contribution is 6.03. The van der Waals surface area contributed by atoms with Crippen molar-refractivity contribution >= 4 is 23.4 Å². The van der Waals surface area contributed by atoms with Crippen molar-refractivity contribution in [2.75, 3.05) is 13.1 Å². The first-order chi connectivity index (χ1) is 12.4. The fraction of sp³-hybridized carbons (Fsp3) is 0.647. The minimum Gasteiger partial charge on any atom is -0.390 e. The molecule has 1 aromatic heterocycles. The molecular formula is C17H27N5O5. The van der Waals surface area contributed by atoms with E-state index in [1.807, 2.05) is 0 Å². The Morgan fingerprint density at radius 3 is 2.22 bits per heavy atom. The molecule has 0 aromatic carbocycles. The van der Waals surface area contributed by atoms with Gasteiger partial charge in [0.05, 0.1) is 11.1 Å². The quantitative estimate of drug-likeness (QED) is 0.252. The van der Waals surface area contributed by atoms with Gasteiger partial charge in [0.25, 0.3) is 5.91 Å². The zero-order valence-corrected chi connectivity index (χ0v) is 16.4. The van der Waals surface area contributed by atoms with E-state index < -0.39 is 34.3 Å². The third-order valence-corrected chi connectivity index (χ3v) is 4.43. The van der Waals surface area contributed by atoms with Crippen LogP contribution in [0.2, 0.25) is 0 Å². The van der Waals surface area contributed by atoms with Gasteiger partial charge in [-0.05, 0) is 59.1 Å². The molecule has 10 heteroatoms. The lowest BCUT2D eigenvalue weighted by molar-refractivity contribution is -0.395. The van der Waals surface area contributed by atoms with Gasteiger partial charge >= 0.3 is 5.95 Å². The van der Waals surface area contributed by atoms with Crippen molar-refractivity contribution in [3.8, 4) is 0 Å². The summed E-state index contributed by atoms with van der Waals surface area (Å²) in [7, 11) is 0. The molecule has 0 radical (unpaired) electrons. The lowest BCUT2D eigenvalue weighted by Crippen LogP contribution is -2.49. The zero-order valence-electron chi connectivity index (χ0n) is 16.4. The fourth-order valence-corrected chi connectivity index (χ4v) is 2.18. The third kappa shape index (κ3) is 6.33. The first kappa shape index (κ1) is 22.6. The van der Waals surface area contributed by atoms with E-state index in [4.69, 9.17) is 0 Å². The van der Waals surface area contributed by atoms with Crippen LogP contribution in [0.25, 0.3) is 0 Å². The molecule has 10 nitrogen and oxygen atoms in total. The number of carbonyl (C=O) groups excluding carboxylic acids is 3. The predicted molar refractivity (Wildman–Crippen MR) is 98.6 cm³/mol. The number of nitro groups is 1. The first-order valence-electron chi connectivity index (χ1n) is 8.64. The van der Waals surface area contributed by atoms with Crippen LogP contribution in [0.1, 0.15) is 52.3 Å². The molecule has 0 atom stereocenters. The second kappa shape index (κ2) is 8.96. The molecule has 1 aromatic rings. The minimum absolute atomic E-state index is 0.0399. The first-order valence-corrected chi connectivity index (χ1v) is 8.64. The van der Waals surface area contributed by atoms with Crippen molar-refractivity contribution in [1.29, 1.82) is 0 Å². The Balaban J connectivity index is 2.51. The molecule has 1 rings (SSSR count). The van der Waals surface area contributed by atoms with E-state index in [9.17, 15) is 24.5 Å². The fourth-order valence-electron chi connectivity index (χ4n) is 2.18. The molecule has 0 saturated heterocycles. The van der Waals surface area contributed by atoms with Gasteiger partial charge in [0.2, 0.25) is 0 Å². The van der Waals surface area contributed by atoms with Gasteiger partial charge in [-0.2, -0.15) is 4.57 Å². The number of hydrogen-bond donors (Lipinski definition) is 2. The van der Waals surface area contributed by atoms with Gasteiger partial charge in [0.1, 0.15) is 24.6 Å². The molecule has 0 spiro atoms. The highest BCUT2D eigenvalue weighted by atomic mass is 16.6. The van der Waals surface area contributed by atoms with Gasteiger partial charge in [-0.15, -0.1) is 0 Å². The third-order valence-electron chi connectivity index (χ3n) is 4.43. The van der Waals surface area contributed by atoms with E-state index >= 15 is 0 Å². The molecule has 1 heterocycles. The maximum atomic E-state index is 12.4. The number of Topliss-reactive ketones (excluding diaryl/α,β-unsaturated/α-hetero) is 2. The van der Waals surface area contributed by atoms with Crippen LogP contribution < -0.4 is 10.6 Å². The average molecular weight is 381 g/mol. The van der Waals surface area contributed by atoms with Gasteiger partial charge in [-0.25, -0.2) is 0 Å². The minimum atomic E-state index is -0.971. The van der Waals surface area contributed by atoms with Gasteiger partial charge in [0.15, 0.2) is 5.78 Å². The van der Waals surface area contributed by atoms with Crippen molar-refractivity contribution in [3.63, 3.8) is 0 Å². The summed E-state index contributed by atoms with van der Waals surface area (Å²) in [5.74, 6) is -1.66. The molecule has 0 aliphatic carbocycles. The van der Waals surface area contributed by atoms with Crippen molar-refractivity contribution < 1.29 is 19.3 Å². The van der Waals surface area contributed by atoms with E-state index in [0.29, 0.717) is 19.5 Å². The summed E-state index contributed by atoms with van der Waals surface area (Å²) in [4.78, 5) is 49.6. The number of rotatable bonds is 11. The summed E-state index contributed by atoms with van der Waals surface area (Å²) in [6, 6.07) is 0. The SMILES string of the molecule is CC(=O)C(C)(C)NCCCNC(C)(C)C(=O)CC(=O)n1ccnc1[N+](=O)[O-]. The van der Waals surface area contributed by atoms with Crippen LogP contribution in [0.3, 0.4) is 0 Å². The van der Waals surface area contributed by atoms with Crippen LogP contribution >= 0.6 is 0 Å². The van der Waals surface area contributed by atoms with Crippen LogP contribution in [0, 0.1) is 10.1 Å². The van der Waals surface area contributed by atoms with Crippen LogP contribution in [0.5, 0.6) is 0 Å². The second-order valence-electron chi connectivity index (χ2n) is 7.36. The zero-order chi connectivity index (χ0) is 20.8. The Bertz CT molecular complexity index is 723. The lowest BCUT2D eigenvalue weighted by Gasteiger charge is -2.26. The highest BCUT2D eigenvalue weighted by Gasteiger charge is 2.31. The van der Waals surface area contributed by atoms with E-state index in [1.165, 1.54) is 6.92 Å². The summed E-state index contributed by atoms with van der Waals surface area (Å²) >= 11 is 0. The van der Waals surface area contributed by atoms with Crippen LogP contribution in [-0.2, 0) is 9.59 Å². The Morgan fingerprint density at radius 2 is 1.70 bits per heavy atom. The average Bonchev–Trinajstić information content (AvgIpc) is 3.04. The number of ketones is 2. The molecule has 150 valence electrons. The maximum absolute atomic E-state index is 12.4. The summed E-state index contributed by atoms with van der Waals surface area (Å²) in [5, 5.41) is 17.0. The number of carbonyl (C=O) groups is 3. The van der Waals surface area contributed by atoms with E-state index in [1.54, 1.807) is 27.7 Å². The summed E-state index contributed by atoms with van der Waals surface area (Å²) in [6.45, 7) is 9.52. The van der Waals surface area contributed by atoms with E-state index in [0.717, 1.165) is 17.0 Å². The van der Waals surface area contributed by atoms with Crippen molar-refractivity contribution in [2.45, 2.75) is 58.5 Å². The van der Waals surface area contributed by atoms with E-state index in [2.05, 4.69) is 15.6 Å². The normalized spacial score (nSPS) is 12.0. The lowest BCUT2D eigenvalue weighted by atomic mass is 9.96. The molecule has 2 N–H and O–H groups in total. The van der Waals surface area contributed by atoms with Crippen LogP contribution in [-0.4, -0.2) is 56.1 Å². The molecule has 0 aliphatic rings. The Kier molecular flexibility index (Phi) is 7.49. The van der Waals surface area contributed by atoms with Gasteiger partial charge < -0.3 is 20.7 Å². The molecule has 0 bridgehead atoms. The highest BCUT2D eigenvalue weighted by Crippen LogP contribution is 2.12. The van der Waals surface area contributed by atoms with E-state index in [-0.39, 0.29) is 11.6 Å². The maximum Gasteiger partial charge on any atom is 0.441 e. The summed E-state index contributed by atoms with van der Waals surface area (Å²) < 4.78 is 0.766. The smallest absolute Gasteiger partial charge is 0.390 e. The number of nitrogens with one attached hydrogen (secondary N) is 2. The van der Waals surface area contributed by atoms with Gasteiger partial charge in [-0.3, -0.25) is 14.4 Å².